The summed E-state index contributed by atoms with van der Waals surface area (Å²) in [4.78, 5) is 34.3. The third-order valence-electron chi connectivity index (χ3n) is 4.81. The zero-order valence-corrected chi connectivity index (χ0v) is 14.5. The molecular formula is C18H19N5O3. The van der Waals surface area contributed by atoms with Crippen molar-refractivity contribution in [3.8, 4) is 0 Å². The summed E-state index contributed by atoms with van der Waals surface area (Å²) >= 11 is 0. The second kappa shape index (κ2) is 6.29. The van der Waals surface area contributed by atoms with Gasteiger partial charge in [0, 0.05) is 31.0 Å². The molecule has 0 aliphatic carbocycles. The standard InChI is InChI=1S/C18H19N5O3/c1-10-20-17(26-22-10)13-9-23(8-12(13)16(24)19-2)18(25)15-7-11-5-3-4-6-14(11)21-15/h3-7,12-13,21H,8-9H2,1-2H3,(H,19,24)/t12-,13-/m1/s1. The third-order valence-corrected chi connectivity index (χ3v) is 4.81. The van der Waals surface area contributed by atoms with Crippen molar-refractivity contribution in [3.05, 3.63) is 47.7 Å². The molecule has 0 spiro atoms. The monoisotopic (exact) mass is 353 g/mol. The summed E-state index contributed by atoms with van der Waals surface area (Å²) < 4.78 is 5.27. The molecule has 1 aliphatic rings. The van der Waals surface area contributed by atoms with Crippen LogP contribution in [0.1, 0.15) is 28.1 Å². The number of hydrogen-bond donors (Lipinski definition) is 2. The number of nitrogens with zero attached hydrogens (tertiary/aromatic N) is 3. The van der Waals surface area contributed by atoms with Gasteiger partial charge >= 0.3 is 0 Å². The van der Waals surface area contributed by atoms with Crippen molar-refractivity contribution < 1.29 is 14.1 Å². The molecule has 3 aromatic rings. The van der Waals surface area contributed by atoms with Crippen LogP contribution < -0.4 is 5.32 Å². The first-order valence-corrected chi connectivity index (χ1v) is 8.45. The van der Waals surface area contributed by atoms with Gasteiger partial charge in [0.25, 0.3) is 5.91 Å². The Morgan fingerprint density at radius 3 is 2.81 bits per heavy atom. The smallest absolute Gasteiger partial charge is 0.270 e. The minimum Gasteiger partial charge on any atom is -0.359 e. The van der Waals surface area contributed by atoms with E-state index in [0.717, 1.165) is 10.9 Å². The molecule has 0 unspecified atom stereocenters. The number of aromatic amines is 1. The van der Waals surface area contributed by atoms with E-state index in [2.05, 4.69) is 20.4 Å². The first kappa shape index (κ1) is 16.3. The molecule has 0 saturated carbocycles. The minimum atomic E-state index is -0.423. The molecule has 2 aromatic heterocycles. The van der Waals surface area contributed by atoms with Crippen molar-refractivity contribution in [2.75, 3.05) is 20.1 Å². The molecule has 1 aliphatic heterocycles. The Morgan fingerprint density at radius 1 is 1.31 bits per heavy atom. The Morgan fingerprint density at radius 2 is 2.12 bits per heavy atom. The van der Waals surface area contributed by atoms with Gasteiger partial charge in [-0.1, -0.05) is 23.4 Å². The fourth-order valence-corrected chi connectivity index (χ4v) is 3.49. The van der Waals surface area contributed by atoms with E-state index < -0.39 is 5.92 Å². The Hall–Kier alpha value is -3.16. The predicted octanol–water partition coefficient (Wildman–Crippen LogP) is 1.46. The number of amides is 2. The number of para-hydroxylation sites is 1. The van der Waals surface area contributed by atoms with Gasteiger partial charge in [0.05, 0.1) is 11.8 Å². The SMILES string of the molecule is CNC(=O)[C@@H]1CN(C(=O)c2cc3ccccc3[nH]2)C[C@H]1c1nc(C)no1. The number of aromatic nitrogens is 3. The maximum Gasteiger partial charge on any atom is 0.270 e. The molecule has 8 nitrogen and oxygen atoms in total. The van der Waals surface area contributed by atoms with Crippen LogP contribution in [0.4, 0.5) is 0 Å². The number of H-pyrrole nitrogens is 1. The molecule has 2 amide bonds. The predicted molar refractivity (Wildman–Crippen MR) is 93.5 cm³/mol. The molecule has 0 radical (unpaired) electrons. The van der Waals surface area contributed by atoms with Crippen molar-refractivity contribution in [1.29, 1.82) is 0 Å². The highest BCUT2D eigenvalue weighted by Crippen LogP contribution is 2.33. The van der Waals surface area contributed by atoms with Crippen LogP contribution >= 0.6 is 0 Å². The third kappa shape index (κ3) is 2.73. The lowest BCUT2D eigenvalue weighted by Crippen LogP contribution is -2.33. The Labute approximate surface area is 149 Å². The molecule has 8 heteroatoms. The molecular weight excluding hydrogens is 334 g/mol. The molecule has 3 heterocycles. The van der Waals surface area contributed by atoms with Crippen molar-refractivity contribution >= 4 is 22.7 Å². The van der Waals surface area contributed by atoms with Gasteiger partial charge in [-0.05, 0) is 19.1 Å². The second-order valence-electron chi connectivity index (χ2n) is 6.49. The number of rotatable bonds is 3. The van der Waals surface area contributed by atoms with Gasteiger partial charge in [0.2, 0.25) is 11.8 Å². The number of carbonyl (C=O) groups is 2. The quantitative estimate of drug-likeness (QED) is 0.742. The first-order chi connectivity index (χ1) is 12.6. The molecule has 0 bridgehead atoms. The summed E-state index contributed by atoms with van der Waals surface area (Å²) in [5.74, 6) is -0.122. The molecule has 26 heavy (non-hydrogen) atoms. The lowest BCUT2D eigenvalue weighted by Gasteiger charge is -2.14. The Kier molecular flexibility index (Phi) is 3.95. The Bertz CT molecular complexity index is 943. The summed E-state index contributed by atoms with van der Waals surface area (Å²) in [6, 6.07) is 9.54. The second-order valence-corrected chi connectivity index (χ2v) is 6.49. The van der Waals surface area contributed by atoms with Gasteiger partial charge in [-0.2, -0.15) is 4.98 Å². The summed E-state index contributed by atoms with van der Waals surface area (Å²) in [7, 11) is 1.58. The molecule has 1 fully saturated rings. The Balaban J connectivity index is 1.62. The van der Waals surface area contributed by atoms with Crippen LogP contribution in [0.25, 0.3) is 10.9 Å². The lowest BCUT2D eigenvalue weighted by molar-refractivity contribution is -0.124. The fourth-order valence-electron chi connectivity index (χ4n) is 3.49. The van der Waals surface area contributed by atoms with Crippen molar-refractivity contribution in [2.24, 2.45) is 5.92 Å². The number of likely N-dealkylation sites (tertiary alicyclic amines) is 1. The van der Waals surface area contributed by atoms with Crippen LogP contribution in [0, 0.1) is 12.8 Å². The summed E-state index contributed by atoms with van der Waals surface area (Å²) in [5.41, 5.74) is 1.41. The van der Waals surface area contributed by atoms with Gasteiger partial charge in [-0.25, -0.2) is 0 Å². The zero-order valence-electron chi connectivity index (χ0n) is 14.5. The van der Waals surface area contributed by atoms with Gasteiger partial charge in [0.1, 0.15) is 5.69 Å². The average molecular weight is 353 g/mol. The molecule has 1 aromatic carbocycles. The molecule has 134 valence electrons. The summed E-state index contributed by atoms with van der Waals surface area (Å²) in [5, 5.41) is 7.44. The van der Waals surface area contributed by atoms with Gasteiger partial charge in [-0.3, -0.25) is 9.59 Å². The molecule has 2 N–H and O–H groups in total. The number of benzene rings is 1. The highest BCUT2D eigenvalue weighted by molar-refractivity contribution is 5.98. The number of nitrogens with one attached hydrogen (secondary N) is 2. The van der Waals surface area contributed by atoms with E-state index in [-0.39, 0.29) is 17.7 Å². The topological polar surface area (TPSA) is 104 Å². The maximum atomic E-state index is 13.0. The van der Waals surface area contributed by atoms with Crippen LogP contribution in [0.15, 0.2) is 34.9 Å². The first-order valence-electron chi connectivity index (χ1n) is 8.45. The molecule has 2 atom stereocenters. The number of hydrogen-bond acceptors (Lipinski definition) is 5. The van der Waals surface area contributed by atoms with E-state index in [1.54, 1.807) is 18.9 Å². The highest BCUT2D eigenvalue weighted by atomic mass is 16.5. The van der Waals surface area contributed by atoms with Crippen molar-refractivity contribution in [1.82, 2.24) is 25.3 Å². The van der Waals surface area contributed by atoms with E-state index in [0.29, 0.717) is 30.5 Å². The largest absolute Gasteiger partial charge is 0.359 e. The van der Waals surface area contributed by atoms with Gasteiger partial charge in [-0.15, -0.1) is 0 Å². The molecule has 4 rings (SSSR count). The summed E-state index contributed by atoms with van der Waals surface area (Å²) in [6.07, 6.45) is 0. The average Bonchev–Trinajstić information content (AvgIpc) is 3.37. The van der Waals surface area contributed by atoms with Crippen LogP contribution in [-0.4, -0.2) is 52.0 Å². The number of fused-ring (bicyclic) bond motifs is 1. The van der Waals surface area contributed by atoms with Crippen LogP contribution in [0.3, 0.4) is 0 Å². The van der Waals surface area contributed by atoms with E-state index in [9.17, 15) is 9.59 Å². The van der Waals surface area contributed by atoms with Gasteiger partial charge < -0.3 is 19.7 Å². The van der Waals surface area contributed by atoms with Crippen molar-refractivity contribution in [2.45, 2.75) is 12.8 Å². The maximum absolute atomic E-state index is 13.0. The van der Waals surface area contributed by atoms with Crippen molar-refractivity contribution in [3.63, 3.8) is 0 Å². The normalized spacial score (nSPS) is 19.8. The highest BCUT2D eigenvalue weighted by Gasteiger charge is 2.43. The minimum absolute atomic E-state index is 0.141. The fraction of sp³-hybridized carbons (Fsp3) is 0.333. The summed E-state index contributed by atoms with van der Waals surface area (Å²) in [6.45, 7) is 2.39. The number of aryl methyl sites for hydroxylation is 1. The van der Waals surface area contributed by atoms with E-state index in [1.165, 1.54) is 0 Å². The van der Waals surface area contributed by atoms with E-state index in [1.807, 2.05) is 30.3 Å². The molecule has 1 saturated heterocycles. The van der Waals surface area contributed by atoms with Crippen LogP contribution in [0.5, 0.6) is 0 Å². The lowest BCUT2D eigenvalue weighted by atomic mass is 9.95. The van der Waals surface area contributed by atoms with E-state index in [4.69, 9.17) is 4.52 Å². The van der Waals surface area contributed by atoms with Gasteiger partial charge in [0.15, 0.2) is 5.82 Å². The van der Waals surface area contributed by atoms with E-state index >= 15 is 0 Å². The zero-order chi connectivity index (χ0) is 18.3. The van der Waals surface area contributed by atoms with Crippen LogP contribution in [0.2, 0.25) is 0 Å². The van der Waals surface area contributed by atoms with Crippen LogP contribution in [-0.2, 0) is 4.79 Å². The number of carbonyl (C=O) groups excluding carboxylic acids is 2.